The summed E-state index contributed by atoms with van der Waals surface area (Å²) in [7, 11) is 0. The normalized spacial score (nSPS) is 16.4. The first-order valence-corrected chi connectivity index (χ1v) is 9.24. The van der Waals surface area contributed by atoms with Gasteiger partial charge in [0.1, 0.15) is 17.5 Å². The predicted molar refractivity (Wildman–Crippen MR) is 102 cm³/mol. The molecule has 1 fully saturated rings. The van der Waals surface area contributed by atoms with Crippen LogP contribution in [-0.4, -0.2) is 26.3 Å². The lowest BCUT2D eigenvalue weighted by atomic mass is 10.2. The van der Waals surface area contributed by atoms with E-state index >= 15 is 0 Å². The predicted octanol–water partition coefficient (Wildman–Crippen LogP) is 3.62. The largest absolute Gasteiger partial charge is 0.349 e. The van der Waals surface area contributed by atoms with Crippen LogP contribution < -0.4 is 10.2 Å². The Kier molecular flexibility index (Phi) is 3.62. The summed E-state index contributed by atoms with van der Waals surface area (Å²) in [6.45, 7) is 4.62. The van der Waals surface area contributed by atoms with Crippen molar-refractivity contribution in [3.05, 3.63) is 59.7 Å². The van der Waals surface area contributed by atoms with E-state index in [9.17, 15) is 0 Å². The number of aromatic nitrogens is 4. The molecule has 132 valence electrons. The first-order valence-electron chi connectivity index (χ1n) is 9.24. The summed E-state index contributed by atoms with van der Waals surface area (Å²) >= 11 is 0. The summed E-state index contributed by atoms with van der Waals surface area (Å²) in [6, 6.07) is 14.4. The minimum Gasteiger partial charge on any atom is -0.349 e. The maximum absolute atomic E-state index is 4.78. The highest BCUT2D eigenvalue weighted by molar-refractivity contribution is 5.59. The van der Waals surface area contributed by atoms with E-state index in [1.54, 1.807) is 0 Å². The van der Waals surface area contributed by atoms with Gasteiger partial charge in [0.25, 0.3) is 0 Å². The van der Waals surface area contributed by atoms with E-state index in [1.165, 1.54) is 24.2 Å². The van der Waals surface area contributed by atoms with Crippen LogP contribution in [0, 0.1) is 6.92 Å². The molecule has 3 aromatic rings. The quantitative estimate of drug-likeness (QED) is 0.782. The van der Waals surface area contributed by atoms with Crippen LogP contribution in [0.25, 0.3) is 0 Å². The smallest absolute Gasteiger partial charge is 0.136 e. The van der Waals surface area contributed by atoms with Gasteiger partial charge in [0, 0.05) is 24.2 Å². The van der Waals surface area contributed by atoms with Crippen molar-refractivity contribution in [2.75, 3.05) is 16.8 Å². The molecule has 0 saturated heterocycles. The number of anilines is 3. The fraction of sp³-hybridized carbons (Fsp3) is 0.350. The van der Waals surface area contributed by atoms with Crippen LogP contribution >= 0.6 is 0 Å². The van der Waals surface area contributed by atoms with Crippen molar-refractivity contribution in [2.45, 2.75) is 38.8 Å². The number of benzene rings is 1. The summed E-state index contributed by atoms with van der Waals surface area (Å²) in [6.07, 6.45) is 2.58. The molecular formula is C20H22N6. The van der Waals surface area contributed by atoms with Crippen molar-refractivity contribution >= 4 is 17.3 Å². The molecule has 2 aliphatic rings. The molecule has 6 heteroatoms. The number of nitrogens with zero attached hydrogens (tertiary/aromatic N) is 5. The fourth-order valence-electron chi connectivity index (χ4n) is 3.51. The zero-order chi connectivity index (χ0) is 17.5. The SMILES string of the molecule is Cc1nc(Nc2ccccc2)cc(N2CCn3nc(C4CC4)cc3C2)n1. The molecule has 1 aromatic carbocycles. The third-order valence-electron chi connectivity index (χ3n) is 5.01. The van der Waals surface area contributed by atoms with Crippen molar-refractivity contribution in [3.8, 4) is 0 Å². The molecule has 0 radical (unpaired) electrons. The summed E-state index contributed by atoms with van der Waals surface area (Å²) in [5.41, 5.74) is 3.58. The van der Waals surface area contributed by atoms with Crippen LogP contribution in [0.15, 0.2) is 42.5 Å². The maximum Gasteiger partial charge on any atom is 0.136 e. The van der Waals surface area contributed by atoms with Gasteiger partial charge in [-0.05, 0) is 38.0 Å². The highest BCUT2D eigenvalue weighted by Gasteiger charge is 2.29. The maximum atomic E-state index is 4.78. The van der Waals surface area contributed by atoms with Gasteiger partial charge in [-0.15, -0.1) is 0 Å². The number of hydrogen-bond donors (Lipinski definition) is 1. The Morgan fingerprint density at radius 2 is 1.88 bits per heavy atom. The van der Waals surface area contributed by atoms with Gasteiger partial charge in [0.15, 0.2) is 0 Å². The second-order valence-electron chi connectivity index (χ2n) is 7.13. The minimum atomic E-state index is 0.699. The molecule has 0 spiro atoms. The molecule has 0 atom stereocenters. The van der Waals surface area contributed by atoms with Crippen molar-refractivity contribution < 1.29 is 0 Å². The Morgan fingerprint density at radius 1 is 1.04 bits per heavy atom. The average molecular weight is 346 g/mol. The highest BCUT2D eigenvalue weighted by atomic mass is 15.4. The summed E-state index contributed by atoms with van der Waals surface area (Å²) in [5.74, 6) is 3.27. The van der Waals surface area contributed by atoms with E-state index in [0.717, 1.165) is 42.8 Å². The number of hydrogen-bond acceptors (Lipinski definition) is 5. The molecule has 5 rings (SSSR count). The van der Waals surface area contributed by atoms with Crippen molar-refractivity contribution in [1.82, 2.24) is 19.7 Å². The van der Waals surface area contributed by atoms with Gasteiger partial charge in [0.05, 0.1) is 24.5 Å². The van der Waals surface area contributed by atoms with E-state index in [-0.39, 0.29) is 0 Å². The van der Waals surface area contributed by atoms with E-state index < -0.39 is 0 Å². The van der Waals surface area contributed by atoms with Gasteiger partial charge in [-0.2, -0.15) is 5.10 Å². The number of aryl methyl sites for hydroxylation is 1. The summed E-state index contributed by atoms with van der Waals surface area (Å²) in [5, 5.41) is 8.15. The van der Waals surface area contributed by atoms with Crippen LogP contribution in [0.5, 0.6) is 0 Å². The van der Waals surface area contributed by atoms with E-state index in [4.69, 9.17) is 5.10 Å². The molecule has 1 N–H and O–H groups in total. The van der Waals surface area contributed by atoms with E-state index in [0.29, 0.717) is 5.92 Å². The van der Waals surface area contributed by atoms with Crippen LogP contribution in [0.4, 0.5) is 17.3 Å². The van der Waals surface area contributed by atoms with Gasteiger partial charge in [0.2, 0.25) is 0 Å². The van der Waals surface area contributed by atoms with E-state index in [2.05, 4.69) is 30.9 Å². The second kappa shape index (κ2) is 6.12. The van der Waals surface area contributed by atoms with Crippen LogP contribution in [-0.2, 0) is 13.1 Å². The van der Waals surface area contributed by atoms with Gasteiger partial charge in [-0.1, -0.05) is 18.2 Å². The molecule has 6 nitrogen and oxygen atoms in total. The van der Waals surface area contributed by atoms with Crippen LogP contribution in [0.3, 0.4) is 0 Å². The zero-order valence-corrected chi connectivity index (χ0v) is 14.9. The average Bonchev–Trinajstić information content (AvgIpc) is 3.41. The molecule has 1 aliphatic heterocycles. The number of nitrogens with one attached hydrogen (secondary N) is 1. The Hall–Kier alpha value is -2.89. The highest BCUT2D eigenvalue weighted by Crippen LogP contribution is 2.40. The standard InChI is InChI=1S/C20H22N6/c1-14-21-19(23-16-5-3-2-4-6-16)12-20(22-14)25-9-10-26-17(13-25)11-18(24-26)15-7-8-15/h2-6,11-12,15H,7-10,13H2,1H3,(H,21,22,23). The fourth-order valence-corrected chi connectivity index (χ4v) is 3.51. The zero-order valence-electron chi connectivity index (χ0n) is 14.9. The second-order valence-corrected chi connectivity index (χ2v) is 7.13. The lowest BCUT2D eigenvalue weighted by Crippen LogP contribution is -2.34. The topological polar surface area (TPSA) is 58.9 Å². The lowest BCUT2D eigenvalue weighted by molar-refractivity contribution is 0.513. The van der Waals surface area contributed by atoms with Gasteiger partial charge in [-0.25, -0.2) is 9.97 Å². The number of para-hydroxylation sites is 1. The third-order valence-corrected chi connectivity index (χ3v) is 5.01. The molecular weight excluding hydrogens is 324 g/mol. The summed E-state index contributed by atoms with van der Waals surface area (Å²) < 4.78 is 2.17. The van der Waals surface area contributed by atoms with Gasteiger partial charge < -0.3 is 10.2 Å². The molecule has 1 aliphatic carbocycles. The Balaban J connectivity index is 1.39. The lowest BCUT2D eigenvalue weighted by Gasteiger charge is -2.29. The van der Waals surface area contributed by atoms with Gasteiger partial charge in [-0.3, -0.25) is 4.68 Å². The summed E-state index contributed by atoms with van der Waals surface area (Å²) in [4.78, 5) is 11.5. The molecule has 0 bridgehead atoms. The Morgan fingerprint density at radius 3 is 2.69 bits per heavy atom. The first kappa shape index (κ1) is 15.4. The molecule has 0 unspecified atom stereocenters. The third kappa shape index (κ3) is 3.03. The van der Waals surface area contributed by atoms with Crippen LogP contribution in [0.1, 0.15) is 36.0 Å². The number of rotatable bonds is 4. The first-order chi connectivity index (χ1) is 12.7. The number of fused-ring (bicyclic) bond motifs is 1. The van der Waals surface area contributed by atoms with E-state index in [1.807, 2.05) is 43.3 Å². The van der Waals surface area contributed by atoms with Crippen molar-refractivity contribution in [3.63, 3.8) is 0 Å². The van der Waals surface area contributed by atoms with Gasteiger partial charge >= 0.3 is 0 Å². The molecule has 0 amide bonds. The monoisotopic (exact) mass is 346 g/mol. The van der Waals surface area contributed by atoms with Crippen molar-refractivity contribution in [1.29, 1.82) is 0 Å². The van der Waals surface area contributed by atoms with Crippen LogP contribution in [0.2, 0.25) is 0 Å². The van der Waals surface area contributed by atoms with Crippen molar-refractivity contribution in [2.24, 2.45) is 0 Å². The molecule has 3 heterocycles. The Bertz CT molecular complexity index is 929. The molecule has 2 aromatic heterocycles. The molecule has 26 heavy (non-hydrogen) atoms. The minimum absolute atomic E-state index is 0.699. The molecule has 1 saturated carbocycles. The Labute approximate surface area is 152 Å².